The topological polar surface area (TPSA) is 31.2 Å². The number of carbonyl (C=O) groups excluding carboxylic acids is 1. The van der Waals surface area contributed by atoms with Gasteiger partial charge in [0.05, 0.1) is 12.3 Å². The molecule has 17 heavy (non-hydrogen) atoms. The van der Waals surface area contributed by atoms with Crippen LogP contribution in [0.1, 0.15) is 36.7 Å². The van der Waals surface area contributed by atoms with E-state index in [0.29, 0.717) is 6.61 Å². The number of hydrogen-bond acceptors (Lipinski definition) is 2. The van der Waals surface area contributed by atoms with Crippen LogP contribution >= 0.6 is 0 Å². The Morgan fingerprint density at radius 3 is 2.94 bits per heavy atom. The Hall–Kier alpha value is -1.69. The first kappa shape index (κ1) is 11.8. The quantitative estimate of drug-likeness (QED) is 0.545. The summed E-state index contributed by atoms with van der Waals surface area (Å²) in [4.78, 5) is 11.2. The molecule has 90 valence electrons. The minimum Gasteiger partial charge on any atom is -0.456 e. The molecular formula is C14H17NO2. The third-order valence-corrected chi connectivity index (χ3v) is 3.13. The summed E-state index contributed by atoms with van der Waals surface area (Å²) in [5, 5.41) is 0. The molecule has 0 amide bonds. The van der Waals surface area contributed by atoms with Gasteiger partial charge in [0.15, 0.2) is 0 Å². The lowest BCUT2D eigenvalue weighted by atomic mass is 9.98. The minimum atomic E-state index is -0.452. The van der Waals surface area contributed by atoms with Gasteiger partial charge in [-0.1, -0.05) is 0 Å². The van der Waals surface area contributed by atoms with E-state index in [2.05, 4.69) is 22.5 Å². The van der Waals surface area contributed by atoms with Crippen LogP contribution in [0.5, 0.6) is 0 Å². The summed E-state index contributed by atoms with van der Waals surface area (Å²) in [7, 11) is 2.01. The smallest absolute Gasteiger partial charge is 0.384 e. The van der Waals surface area contributed by atoms with Crippen molar-refractivity contribution in [3.63, 3.8) is 0 Å². The third kappa shape index (κ3) is 2.52. The van der Waals surface area contributed by atoms with Crippen LogP contribution in [0, 0.1) is 11.8 Å². The van der Waals surface area contributed by atoms with Crippen LogP contribution in [0.25, 0.3) is 0 Å². The molecular weight excluding hydrogens is 214 g/mol. The number of rotatable bonds is 1. The van der Waals surface area contributed by atoms with E-state index in [1.54, 1.807) is 6.92 Å². The van der Waals surface area contributed by atoms with Gasteiger partial charge in [0, 0.05) is 18.7 Å². The molecule has 2 rings (SSSR count). The maximum absolute atomic E-state index is 11.2. The second kappa shape index (κ2) is 5.09. The maximum atomic E-state index is 11.2. The van der Waals surface area contributed by atoms with E-state index in [4.69, 9.17) is 4.74 Å². The lowest BCUT2D eigenvalue weighted by Crippen LogP contribution is -2.06. The van der Waals surface area contributed by atoms with Gasteiger partial charge < -0.3 is 9.30 Å². The maximum Gasteiger partial charge on any atom is 0.384 e. The zero-order valence-corrected chi connectivity index (χ0v) is 10.4. The van der Waals surface area contributed by atoms with E-state index >= 15 is 0 Å². The second-order valence-electron chi connectivity index (χ2n) is 4.24. The predicted octanol–water partition coefficient (Wildman–Crippen LogP) is 1.82. The number of aromatic nitrogens is 1. The molecule has 0 unspecified atom stereocenters. The molecule has 0 aromatic carbocycles. The fourth-order valence-corrected chi connectivity index (χ4v) is 2.26. The Kier molecular flexibility index (Phi) is 3.53. The molecule has 0 fully saturated rings. The van der Waals surface area contributed by atoms with Gasteiger partial charge >= 0.3 is 5.97 Å². The van der Waals surface area contributed by atoms with E-state index in [-0.39, 0.29) is 0 Å². The minimum absolute atomic E-state index is 0.372. The Bertz CT molecular complexity index is 488. The molecule has 1 aliphatic rings. The predicted molar refractivity (Wildman–Crippen MR) is 65.6 cm³/mol. The molecule has 3 heteroatoms. The summed E-state index contributed by atoms with van der Waals surface area (Å²) in [6.07, 6.45) is 4.74. The SMILES string of the molecule is CCOC(=O)C#Cc1cc2c(n1C)CCCC2. The number of hydrogen-bond donors (Lipinski definition) is 0. The highest BCUT2D eigenvalue weighted by Gasteiger charge is 2.14. The summed E-state index contributed by atoms with van der Waals surface area (Å²) in [5.74, 6) is 4.96. The van der Waals surface area contributed by atoms with Crippen LogP contribution in [-0.4, -0.2) is 17.1 Å². The number of aryl methyl sites for hydroxylation is 1. The molecule has 1 aromatic rings. The van der Waals surface area contributed by atoms with E-state index in [1.165, 1.54) is 24.1 Å². The van der Waals surface area contributed by atoms with Gasteiger partial charge in [-0.15, -0.1) is 0 Å². The Morgan fingerprint density at radius 1 is 1.47 bits per heavy atom. The standard InChI is InChI=1S/C14H17NO2/c1-3-17-14(16)9-8-12-10-11-6-4-5-7-13(11)15(12)2/h10H,3-7H2,1-2H3. The summed E-state index contributed by atoms with van der Waals surface area (Å²) < 4.78 is 6.88. The van der Waals surface area contributed by atoms with Gasteiger partial charge in [-0.05, 0) is 50.2 Å². The lowest BCUT2D eigenvalue weighted by molar-refractivity contribution is -0.136. The Labute approximate surface area is 102 Å². The Morgan fingerprint density at radius 2 is 2.24 bits per heavy atom. The number of carbonyl (C=O) groups is 1. The van der Waals surface area contributed by atoms with Gasteiger partial charge in [0.1, 0.15) is 0 Å². The molecule has 1 aromatic heterocycles. The summed E-state index contributed by atoms with van der Waals surface area (Å²) in [6, 6.07) is 2.10. The van der Waals surface area contributed by atoms with E-state index in [0.717, 1.165) is 18.5 Å². The fourth-order valence-electron chi connectivity index (χ4n) is 2.26. The number of nitrogens with zero attached hydrogens (tertiary/aromatic N) is 1. The fraction of sp³-hybridized carbons (Fsp3) is 0.500. The van der Waals surface area contributed by atoms with E-state index in [9.17, 15) is 4.79 Å². The molecule has 0 bridgehead atoms. The molecule has 1 aliphatic carbocycles. The van der Waals surface area contributed by atoms with Crippen molar-refractivity contribution in [2.24, 2.45) is 7.05 Å². The molecule has 0 atom stereocenters. The van der Waals surface area contributed by atoms with Crippen molar-refractivity contribution in [1.82, 2.24) is 4.57 Å². The largest absolute Gasteiger partial charge is 0.456 e. The van der Waals surface area contributed by atoms with Crippen molar-refractivity contribution in [2.45, 2.75) is 32.6 Å². The first-order chi connectivity index (χ1) is 8.22. The summed E-state index contributed by atoms with van der Waals surface area (Å²) in [6.45, 7) is 2.15. The van der Waals surface area contributed by atoms with Crippen molar-refractivity contribution < 1.29 is 9.53 Å². The molecule has 0 N–H and O–H groups in total. The van der Waals surface area contributed by atoms with Crippen LogP contribution in [0.2, 0.25) is 0 Å². The van der Waals surface area contributed by atoms with Crippen LogP contribution in [0.3, 0.4) is 0 Å². The van der Waals surface area contributed by atoms with Crippen molar-refractivity contribution in [3.8, 4) is 11.8 Å². The van der Waals surface area contributed by atoms with Crippen molar-refractivity contribution in [3.05, 3.63) is 23.0 Å². The zero-order valence-electron chi connectivity index (χ0n) is 10.4. The van der Waals surface area contributed by atoms with E-state index in [1.807, 2.05) is 7.05 Å². The van der Waals surface area contributed by atoms with Crippen molar-refractivity contribution in [1.29, 1.82) is 0 Å². The highest BCUT2D eigenvalue weighted by molar-refractivity contribution is 5.89. The van der Waals surface area contributed by atoms with Gasteiger partial charge in [0.25, 0.3) is 0 Å². The lowest BCUT2D eigenvalue weighted by Gasteiger charge is -2.12. The average Bonchev–Trinajstić information content (AvgIpc) is 2.65. The third-order valence-electron chi connectivity index (χ3n) is 3.13. The number of ether oxygens (including phenoxy) is 1. The monoisotopic (exact) mass is 231 g/mol. The summed E-state index contributed by atoms with van der Waals surface area (Å²) in [5.41, 5.74) is 3.65. The zero-order chi connectivity index (χ0) is 12.3. The van der Waals surface area contributed by atoms with Crippen molar-refractivity contribution >= 4 is 5.97 Å². The van der Waals surface area contributed by atoms with Gasteiger partial charge in [-0.25, -0.2) is 4.79 Å². The normalized spacial score (nSPS) is 13.5. The molecule has 0 radical (unpaired) electrons. The Balaban J connectivity index is 2.22. The molecule has 3 nitrogen and oxygen atoms in total. The van der Waals surface area contributed by atoms with Crippen molar-refractivity contribution in [2.75, 3.05) is 6.61 Å². The molecule has 0 aliphatic heterocycles. The first-order valence-corrected chi connectivity index (χ1v) is 6.08. The molecule has 0 spiro atoms. The molecule has 0 saturated carbocycles. The average molecular weight is 231 g/mol. The number of fused-ring (bicyclic) bond motifs is 1. The van der Waals surface area contributed by atoms with Gasteiger partial charge in [-0.2, -0.15) is 0 Å². The first-order valence-electron chi connectivity index (χ1n) is 6.08. The van der Waals surface area contributed by atoms with Crippen LogP contribution in [-0.2, 0) is 29.4 Å². The van der Waals surface area contributed by atoms with Crippen LogP contribution in [0.15, 0.2) is 6.07 Å². The van der Waals surface area contributed by atoms with Gasteiger partial charge in [0.2, 0.25) is 0 Å². The highest BCUT2D eigenvalue weighted by Crippen LogP contribution is 2.23. The molecule has 0 saturated heterocycles. The van der Waals surface area contributed by atoms with Crippen LogP contribution in [0.4, 0.5) is 0 Å². The highest BCUT2D eigenvalue weighted by atomic mass is 16.5. The molecule has 1 heterocycles. The van der Waals surface area contributed by atoms with Crippen LogP contribution < -0.4 is 0 Å². The number of esters is 1. The summed E-state index contributed by atoms with van der Waals surface area (Å²) >= 11 is 0. The van der Waals surface area contributed by atoms with Gasteiger partial charge in [-0.3, -0.25) is 0 Å². The second-order valence-corrected chi connectivity index (χ2v) is 4.24. The van der Waals surface area contributed by atoms with E-state index < -0.39 is 5.97 Å².